The first-order valence-corrected chi connectivity index (χ1v) is 4.64. The van der Waals surface area contributed by atoms with Gasteiger partial charge in [0.05, 0.1) is 9.95 Å². The molecule has 9 heteroatoms. The Morgan fingerprint density at radius 3 is 2.71 bits per heavy atom. The summed E-state index contributed by atoms with van der Waals surface area (Å²) in [6.45, 7) is 0. The number of anilines is 1. The molecule has 0 fully saturated rings. The van der Waals surface area contributed by atoms with E-state index in [2.05, 4.69) is 5.32 Å². The summed E-state index contributed by atoms with van der Waals surface area (Å²) in [5.41, 5.74) is 4.42. The van der Waals surface area contributed by atoms with E-state index in [9.17, 15) is 14.9 Å². The van der Waals surface area contributed by atoms with Gasteiger partial charge in [0, 0.05) is 6.07 Å². The molecule has 0 bridgehead atoms. The Morgan fingerprint density at radius 1 is 1.53 bits per heavy atom. The number of para-hydroxylation sites is 1. The number of guanidine groups is 1. The third kappa shape index (κ3) is 3.31. The van der Waals surface area contributed by atoms with Crippen molar-refractivity contribution in [2.45, 2.75) is 0 Å². The summed E-state index contributed by atoms with van der Waals surface area (Å²) in [4.78, 5) is 21.2. The number of hydrogen-bond donors (Lipinski definition) is 4. The molecule has 0 atom stereocenters. The molecule has 0 aliphatic heterocycles. The number of rotatable bonds is 2. The number of nitrogens with two attached hydrogens (primary N) is 1. The quantitative estimate of drug-likeness (QED) is 0.274. The first-order chi connectivity index (χ1) is 7.91. The molecular weight excluding hydrogens is 250 g/mol. The van der Waals surface area contributed by atoms with E-state index in [1.165, 1.54) is 18.2 Å². The van der Waals surface area contributed by atoms with Gasteiger partial charge in [0.1, 0.15) is 5.69 Å². The van der Waals surface area contributed by atoms with Crippen LogP contribution < -0.4 is 16.4 Å². The van der Waals surface area contributed by atoms with Crippen LogP contribution in [0, 0.1) is 15.5 Å². The Hall–Kier alpha value is -2.35. The fourth-order valence-corrected chi connectivity index (χ4v) is 1.27. The number of carbonyl (C=O) groups is 1. The lowest BCUT2D eigenvalue weighted by Crippen LogP contribution is -2.38. The molecule has 0 spiro atoms. The summed E-state index contributed by atoms with van der Waals surface area (Å²) in [5, 5.41) is 21.6. The van der Waals surface area contributed by atoms with Crippen molar-refractivity contribution in [3.63, 3.8) is 0 Å². The molecule has 0 saturated heterocycles. The van der Waals surface area contributed by atoms with Crippen molar-refractivity contribution in [2.24, 2.45) is 5.73 Å². The highest BCUT2D eigenvalue weighted by atomic mass is 35.5. The van der Waals surface area contributed by atoms with E-state index in [0.717, 1.165) is 0 Å². The SMILES string of the molecule is N=C(N)NC(=O)Nc1c(Cl)cccc1[N+](=O)[O-]. The molecule has 1 aromatic rings. The maximum Gasteiger partial charge on any atom is 0.326 e. The largest absolute Gasteiger partial charge is 0.370 e. The fourth-order valence-electron chi connectivity index (χ4n) is 1.06. The summed E-state index contributed by atoms with van der Waals surface area (Å²) in [6.07, 6.45) is 0. The molecule has 2 amide bonds. The first kappa shape index (κ1) is 12.7. The first-order valence-electron chi connectivity index (χ1n) is 4.26. The second kappa shape index (κ2) is 5.12. The minimum absolute atomic E-state index is 0.0119. The van der Waals surface area contributed by atoms with Crippen LogP contribution in [0.1, 0.15) is 0 Å². The summed E-state index contributed by atoms with van der Waals surface area (Å²) in [6, 6.07) is 3.08. The van der Waals surface area contributed by atoms with Gasteiger partial charge in [-0.3, -0.25) is 20.8 Å². The zero-order chi connectivity index (χ0) is 13.0. The summed E-state index contributed by atoms with van der Waals surface area (Å²) < 4.78 is 0. The summed E-state index contributed by atoms with van der Waals surface area (Å²) >= 11 is 5.72. The number of benzene rings is 1. The van der Waals surface area contributed by atoms with Gasteiger partial charge in [-0.05, 0) is 6.07 Å². The molecule has 0 unspecified atom stereocenters. The van der Waals surface area contributed by atoms with Crippen molar-refractivity contribution in [1.82, 2.24) is 5.32 Å². The predicted octanol–water partition coefficient (Wildman–Crippen LogP) is 1.26. The second-order valence-electron chi connectivity index (χ2n) is 2.88. The van der Waals surface area contributed by atoms with Gasteiger partial charge in [-0.2, -0.15) is 0 Å². The van der Waals surface area contributed by atoms with Crippen LogP contribution in [0.4, 0.5) is 16.2 Å². The van der Waals surface area contributed by atoms with Crippen LogP contribution in [0.2, 0.25) is 5.02 Å². The van der Waals surface area contributed by atoms with Crippen LogP contribution in [0.5, 0.6) is 0 Å². The van der Waals surface area contributed by atoms with Crippen LogP contribution in [-0.2, 0) is 0 Å². The van der Waals surface area contributed by atoms with Gasteiger partial charge in [0.25, 0.3) is 5.69 Å². The minimum Gasteiger partial charge on any atom is -0.370 e. The van der Waals surface area contributed by atoms with Crippen molar-refractivity contribution in [3.8, 4) is 0 Å². The number of hydrogen-bond acceptors (Lipinski definition) is 4. The van der Waals surface area contributed by atoms with Crippen molar-refractivity contribution in [1.29, 1.82) is 5.41 Å². The maximum atomic E-state index is 11.2. The molecular formula is C8H8ClN5O3. The van der Waals surface area contributed by atoms with Gasteiger partial charge in [-0.15, -0.1) is 0 Å². The van der Waals surface area contributed by atoms with E-state index in [1.807, 2.05) is 5.32 Å². The Kier molecular flexibility index (Phi) is 3.83. The van der Waals surface area contributed by atoms with E-state index < -0.39 is 16.9 Å². The highest BCUT2D eigenvalue weighted by Crippen LogP contribution is 2.31. The molecule has 90 valence electrons. The molecule has 1 aromatic carbocycles. The number of urea groups is 1. The second-order valence-corrected chi connectivity index (χ2v) is 3.29. The van der Waals surface area contributed by atoms with E-state index in [0.29, 0.717) is 0 Å². The van der Waals surface area contributed by atoms with Crippen LogP contribution >= 0.6 is 11.6 Å². The lowest BCUT2D eigenvalue weighted by Gasteiger charge is -2.07. The van der Waals surface area contributed by atoms with E-state index in [-0.39, 0.29) is 16.4 Å². The topological polar surface area (TPSA) is 134 Å². The average Bonchev–Trinajstić information content (AvgIpc) is 2.19. The molecule has 0 aliphatic carbocycles. The molecule has 0 aromatic heterocycles. The fraction of sp³-hybridized carbons (Fsp3) is 0. The number of nitrogens with zero attached hydrogens (tertiary/aromatic N) is 1. The third-order valence-corrected chi connectivity index (χ3v) is 1.99. The highest BCUT2D eigenvalue weighted by molar-refractivity contribution is 6.34. The zero-order valence-electron chi connectivity index (χ0n) is 8.36. The lowest BCUT2D eigenvalue weighted by molar-refractivity contribution is -0.383. The zero-order valence-corrected chi connectivity index (χ0v) is 9.12. The number of nitro groups is 1. The Balaban J connectivity index is 3.01. The molecule has 5 N–H and O–H groups in total. The van der Waals surface area contributed by atoms with Gasteiger partial charge in [-0.1, -0.05) is 17.7 Å². The van der Waals surface area contributed by atoms with Crippen molar-refractivity contribution < 1.29 is 9.72 Å². The number of carbonyl (C=O) groups excluding carboxylic acids is 1. The van der Waals surface area contributed by atoms with Crippen LogP contribution in [0.15, 0.2) is 18.2 Å². The molecule has 17 heavy (non-hydrogen) atoms. The Labute approximate surface area is 100 Å². The maximum absolute atomic E-state index is 11.2. The van der Waals surface area contributed by atoms with Crippen molar-refractivity contribution in [3.05, 3.63) is 33.3 Å². The van der Waals surface area contributed by atoms with Crippen molar-refractivity contribution in [2.75, 3.05) is 5.32 Å². The van der Waals surface area contributed by atoms with Gasteiger partial charge >= 0.3 is 6.03 Å². The number of amides is 2. The Bertz CT molecular complexity index is 490. The number of nitrogens with one attached hydrogen (secondary N) is 3. The summed E-state index contributed by atoms with van der Waals surface area (Å²) in [7, 11) is 0. The molecule has 0 aliphatic rings. The van der Waals surface area contributed by atoms with E-state index in [1.54, 1.807) is 0 Å². The van der Waals surface area contributed by atoms with Gasteiger partial charge in [0.15, 0.2) is 5.96 Å². The standard InChI is InChI=1S/C8H8ClN5O3/c9-4-2-1-3-5(14(16)17)6(4)12-8(15)13-7(10)11/h1-3H,(H5,10,11,12,13,15). The van der Waals surface area contributed by atoms with Gasteiger partial charge < -0.3 is 11.1 Å². The predicted molar refractivity (Wildman–Crippen MR) is 62.2 cm³/mol. The third-order valence-electron chi connectivity index (χ3n) is 1.68. The van der Waals surface area contributed by atoms with Gasteiger partial charge in [-0.25, -0.2) is 4.79 Å². The monoisotopic (exact) mass is 257 g/mol. The van der Waals surface area contributed by atoms with E-state index in [4.69, 9.17) is 22.7 Å². The number of halogens is 1. The Morgan fingerprint density at radius 2 is 2.18 bits per heavy atom. The average molecular weight is 258 g/mol. The van der Waals surface area contributed by atoms with E-state index >= 15 is 0 Å². The van der Waals surface area contributed by atoms with Crippen LogP contribution in [0.25, 0.3) is 0 Å². The van der Waals surface area contributed by atoms with Gasteiger partial charge in [0.2, 0.25) is 0 Å². The van der Waals surface area contributed by atoms with Crippen LogP contribution in [-0.4, -0.2) is 16.9 Å². The van der Waals surface area contributed by atoms with Crippen molar-refractivity contribution >= 4 is 35.0 Å². The normalized spacial score (nSPS) is 9.47. The smallest absolute Gasteiger partial charge is 0.326 e. The molecule has 0 saturated carbocycles. The molecule has 1 rings (SSSR count). The molecule has 0 radical (unpaired) electrons. The minimum atomic E-state index is -0.881. The van der Waals surface area contributed by atoms with Crippen LogP contribution in [0.3, 0.4) is 0 Å². The molecule has 8 nitrogen and oxygen atoms in total. The summed E-state index contributed by atoms with van der Waals surface area (Å²) in [5.74, 6) is -0.586. The molecule has 0 heterocycles. The number of nitro benzene ring substituents is 1. The highest BCUT2D eigenvalue weighted by Gasteiger charge is 2.18. The lowest BCUT2D eigenvalue weighted by atomic mass is 10.2.